The summed E-state index contributed by atoms with van der Waals surface area (Å²) in [7, 11) is 1.67. The summed E-state index contributed by atoms with van der Waals surface area (Å²) in [5.74, 6) is 0. The number of rotatable bonds is 6. The lowest BCUT2D eigenvalue weighted by Gasteiger charge is -2.07. The van der Waals surface area contributed by atoms with E-state index in [1.54, 1.807) is 19.2 Å². The van der Waals surface area contributed by atoms with Crippen LogP contribution in [0.15, 0.2) is 18.2 Å². The number of aryl methyl sites for hydroxylation is 1. The number of methoxy groups -OCH3 is 1. The molecule has 0 fully saturated rings. The average molecular weight is 208 g/mol. The maximum atomic E-state index is 10.3. The van der Waals surface area contributed by atoms with E-state index in [4.69, 9.17) is 10.5 Å². The summed E-state index contributed by atoms with van der Waals surface area (Å²) in [4.78, 5) is 10.3. The van der Waals surface area contributed by atoms with Crippen LogP contribution in [0.2, 0.25) is 0 Å². The van der Waals surface area contributed by atoms with E-state index in [-0.39, 0.29) is 0 Å². The second kappa shape index (κ2) is 6.03. The van der Waals surface area contributed by atoms with Gasteiger partial charge < -0.3 is 15.8 Å². The Morgan fingerprint density at radius 2 is 2.33 bits per heavy atom. The molecule has 3 N–H and O–H groups in total. The summed E-state index contributed by atoms with van der Waals surface area (Å²) >= 11 is 0. The summed E-state index contributed by atoms with van der Waals surface area (Å²) < 4.78 is 4.97. The van der Waals surface area contributed by atoms with Crippen molar-refractivity contribution in [1.29, 1.82) is 0 Å². The molecule has 1 rings (SSSR count). The number of nitrogens with two attached hydrogens (primary N) is 1. The molecule has 4 heteroatoms. The molecule has 0 aromatic heterocycles. The zero-order valence-corrected chi connectivity index (χ0v) is 8.82. The number of benzene rings is 1. The third-order valence-corrected chi connectivity index (χ3v) is 2.16. The number of carbonyl (C=O) groups excluding carboxylic acids is 1. The smallest absolute Gasteiger partial charge is 0.211 e. The van der Waals surface area contributed by atoms with Crippen LogP contribution in [0.25, 0.3) is 0 Å². The lowest BCUT2D eigenvalue weighted by molar-refractivity contribution is -0.105. The minimum atomic E-state index is 0.657. The van der Waals surface area contributed by atoms with Crippen LogP contribution in [0.4, 0.5) is 11.4 Å². The van der Waals surface area contributed by atoms with Gasteiger partial charge in [0.1, 0.15) is 0 Å². The van der Waals surface area contributed by atoms with Gasteiger partial charge in [-0.05, 0) is 36.6 Å². The molecule has 0 aliphatic rings. The highest BCUT2D eigenvalue weighted by Gasteiger charge is 2.00. The molecule has 82 valence electrons. The van der Waals surface area contributed by atoms with Crippen LogP contribution in [0.3, 0.4) is 0 Å². The molecule has 15 heavy (non-hydrogen) atoms. The zero-order chi connectivity index (χ0) is 11.1. The van der Waals surface area contributed by atoms with Crippen molar-refractivity contribution >= 4 is 17.8 Å². The third-order valence-electron chi connectivity index (χ3n) is 2.16. The van der Waals surface area contributed by atoms with Gasteiger partial charge >= 0.3 is 0 Å². The van der Waals surface area contributed by atoms with Gasteiger partial charge in [-0.15, -0.1) is 0 Å². The monoisotopic (exact) mass is 208 g/mol. The largest absolute Gasteiger partial charge is 0.399 e. The average Bonchev–Trinajstić information content (AvgIpc) is 2.23. The number of nitrogen functional groups attached to an aromatic ring is 1. The molecular weight excluding hydrogens is 192 g/mol. The van der Waals surface area contributed by atoms with E-state index in [9.17, 15) is 4.79 Å². The van der Waals surface area contributed by atoms with Gasteiger partial charge in [0, 0.05) is 25.1 Å². The fourth-order valence-electron chi connectivity index (χ4n) is 1.39. The molecule has 0 saturated carbocycles. The van der Waals surface area contributed by atoms with Gasteiger partial charge in [-0.3, -0.25) is 4.79 Å². The van der Waals surface area contributed by atoms with Gasteiger partial charge in [0.25, 0.3) is 0 Å². The van der Waals surface area contributed by atoms with Crippen molar-refractivity contribution in [2.75, 3.05) is 24.8 Å². The Hall–Kier alpha value is -1.55. The molecular formula is C11H16N2O2. The van der Waals surface area contributed by atoms with Crippen LogP contribution in [-0.4, -0.2) is 20.1 Å². The van der Waals surface area contributed by atoms with E-state index < -0.39 is 0 Å². The van der Waals surface area contributed by atoms with E-state index in [1.807, 2.05) is 6.07 Å². The van der Waals surface area contributed by atoms with Crippen molar-refractivity contribution in [2.45, 2.75) is 12.8 Å². The number of hydrogen-bond donors (Lipinski definition) is 2. The quantitative estimate of drug-likeness (QED) is 0.422. The van der Waals surface area contributed by atoms with E-state index in [0.29, 0.717) is 13.0 Å². The Labute approximate surface area is 89.4 Å². The predicted molar refractivity (Wildman–Crippen MR) is 60.7 cm³/mol. The van der Waals surface area contributed by atoms with Crippen LogP contribution in [0.5, 0.6) is 0 Å². The van der Waals surface area contributed by atoms with Crippen molar-refractivity contribution < 1.29 is 9.53 Å². The maximum absolute atomic E-state index is 10.3. The zero-order valence-electron chi connectivity index (χ0n) is 8.82. The SMILES string of the molecule is COCCCc1cc(NC=O)ccc1N. The number of anilines is 2. The summed E-state index contributed by atoms with van der Waals surface area (Å²) in [6.45, 7) is 0.713. The lowest BCUT2D eigenvalue weighted by atomic mass is 10.1. The van der Waals surface area contributed by atoms with E-state index in [0.717, 1.165) is 29.8 Å². The highest BCUT2D eigenvalue weighted by molar-refractivity contribution is 5.73. The Balaban J connectivity index is 2.67. The van der Waals surface area contributed by atoms with Gasteiger partial charge in [-0.25, -0.2) is 0 Å². The molecule has 0 aliphatic heterocycles. The third kappa shape index (κ3) is 3.59. The first kappa shape index (κ1) is 11.5. The first-order valence-electron chi connectivity index (χ1n) is 4.85. The molecule has 0 unspecified atom stereocenters. The summed E-state index contributed by atoms with van der Waals surface area (Å²) in [5, 5.41) is 2.60. The lowest BCUT2D eigenvalue weighted by Crippen LogP contribution is -2.00. The minimum Gasteiger partial charge on any atom is -0.399 e. The first-order valence-corrected chi connectivity index (χ1v) is 4.85. The second-order valence-electron chi connectivity index (χ2n) is 3.27. The number of carbonyl (C=O) groups is 1. The summed E-state index contributed by atoms with van der Waals surface area (Å²) in [6, 6.07) is 5.47. The van der Waals surface area contributed by atoms with Gasteiger partial charge in [-0.2, -0.15) is 0 Å². The number of hydrogen-bond acceptors (Lipinski definition) is 3. The fraction of sp³-hybridized carbons (Fsp3) is 0.364. The highest BCUT2D eigenvalue weighted by Crippen LogP contribution is 2.18. The van der Waals surface area contributed by atoms with Gasteiger partial charge in [0.15, 0.2) is 0 Å². The van der Waals surface area contributed by atoms with Gasteiger partial charge in [0.2, 0.25) is 6.41 Å². The number of ether oxygens (including phenoxy) is 1. The normalized spacial score (nSPS) is 9.93. The second-order valence-corrected chi connectivity index (χ2v) is 3.27. The van der Waals surface area contributed by atoms with Crippen molar-refractivity contribution in [2.24, 2.45) is 0 Å². The fourth-order valence-corrected chi connectivity index (χ4v) is 1.39. The van der Waals surface area contributed by atoms with E-state index in [2.05, 4.69) is 5.32 Å². The molecule has 0 radical (unpaired) electrons. The Morgan fingerprint density at radius 3 is 3.00 bits per heavy atom. The van der Waals surface area contributed by atoms with Crippen molar-refractivity contribution in [3.63, 3.8) is 0 Å². The summed E-state index contributed by atoms with van der Waals surface area (Å²) in [5.41, 5.74) is 8.37. The Kier molecular flexibility index (Phi) is 4.63. The maximum Gasteiger partial charge on any atom is 0.211 e. The van der Waals surface area contributed by atoms with Crippen LogP contribution >= 0.6 is 0 Å². The van der Waals surface area contributed by atoms with Crippen LogP contribution in [0.1, 0.15) is 12.0 Å². The van der Waals surface area contributed by atoms with Gasteiger partial charge in [-0.1, -0.05) is 0 Å². The van der Waals surface area contributed by atoms with Crippen LogP contribution in [0, 0.1) is 0 Å². The van der Waals surface area contributed by atoms with E-state index in [1.165, 1.54) is 0 Å². The Morgan fingerprint density at radius 1 is 1.53 bits per heavy atom. The molecule has 0 heterocycles. The Bertz CT molecular complexity index is 326. The van der Waals surface area contributed by atoms with E-state index >= 15 is 0 Å². The highest BCUT2D eigenvalue weighted by atomic mass is 16.5. The molecule has 1 amide bonds. The molecule has 0 aliphatic carbocycles. The summed E-state index contributed by atoms with van der Waals surface area (Å²) in [6.07, 6.45) is 2.43. The molecule has 0 spiro atoms. The van der Waals surface area contributed by atoms with Gasteiger partial charge in [0.05, 0.1) is 0 Å². The van der Waals surface area contributed by atoms with Crippen LogP contribution < -0.4 is 11.1 Å². The first-order chi connectivity index (χ1) is 7.27. The van der Waals surface area contributed by atoms with Crippen LogP contribution in [-0.2, 0) is 16.0 Å². The molecule has 0 bridgehead atoms. The molecule has 0 atom stereocenters. The molecule has 0 saturated heterocycles. The van der Waals surface area contributed by atoms with Crippen molar-refractivity contribution in [1.82, 2.24) is 0 Å². The topological polar surface area (TPSA) is 64.3 Å². The van der Waals surface area contributed by atoms with Crippen molar-refractivity contribution in [3.05, 3.63) is 23.8 Å². The number of amides is 1. The predicted octanol–water partition coefficient (Wildman–Crippen LogP) is 1.42. The minimum absolute atomic E-state index is 0.657. The number of nitrogens with one attached hydrogen (secondary N) is 1. The molecule has 1 aromatic rings. The molecule has 1 aromatic carbocycles. The standard InChI is InChI=1S/C11H16N2O2/c1-15-6-2-3-9-7-10(13-8-14)4-5-11(9)12/h4-5,7-8H,2-3,6,12H2,1H3,(H,13,14). The molecule has 4 nitrogen and oxygen atoms in total. The van der Waals surface area contributed by atoms with Crippen molar-refractivity contribution in [3.8, 4) is 0 Å².